The van der Waals surface area contributed by atoms with E-state index in [9.17, 15) is 0 Å². The fraction of sp³-hybridized carbons (Fsp3) is 0.188. The van der Waals surface area contributed by atoms with Crippen LogP contribution in [0.5, 0.6) is 5.75 Å². The Bertz CT molecular complexity index is 646. The van der Waals surface area contributed by atoms with E-state index in [1.54, 1.807) is 19.2 Å². The van der Waals surface area contributed by atoms with Crippen molar-refractivity contribution in [1.29, 1.82) is 5.26 Å². The zero-order valence-corrected chi connectivity index (χ0v) is 11.6. The van der Waals surface area contributed by atoms with E-state index in [1.807, 2.05) is 37.4 Å². The molecule has 0 saturated heterocycles. The van der Waals surface area contributed by atoms with Crippen molar-refractivity contribution in [3.8, 4) is 11.8 Å². The second kappa shape index (κ2) is 5.98. The number of nitriles is 1. The number of nitrogens with two attached hydrogens (primary N) is 1. The molecule has 0 aromatic heterocycles. The molecule has 0 aliphatic carbocycles. The highest BCUT2D eigenvalue weighted by Crippen LogP contribution is 2.24. The van der Waals surface area contributed by atoms with E-state index in [2.05, 4.69) is 11.0 Å². The van der Waals surface area contributed by atoms with Crippen LogP contribution in [0.25, 0.3) is 0 Å². The van der Waals surface area contributed by atoms with E-state index in [0.717, 1.165) is 17.0 Å². The Morgan fingerprint density at radius 3 is 2.70 bits per heavy atom. The minimum absolute atomic E-state index is 0.495. The van der Waals surface area contributed by atoms with Gasteiger partial charge in [0.1, 0.15) is 11.8 Å². The lowest BCUT2D eigenvalue weighted by atomic mass is 10.1. The van der Waals surface area contributed by atoms with Crippen LogP contribution >= 0.6 is 0 Å². The van der Waals surface area contributed by atoms with Crippen LogP contribution in [0.2, 0.25) is 0 Å². The lowest BCUT2D eigenvalue weighted by molar-refractivity contribution is 0.409. The molecule has 0 radical (unpaired) electrons. The monoisotopic (exact) mass is 267 g/mol. The number of methoxy groups -OCH3 is 1. The van der Waals surface area contributed by atoms with E-state index in [0.29, 0.717) is 17.8 Å². The molecule has 0 amide bonds. The van der Waals surface area contributed by atoms with E-state index in [-0.39, 0.29) is 0 Å². The number of hydrogen-bond donors (Lipinski definition) is 1. The second-order valence-electron chi connectivity index (χ2n) is 4.55. The highest BCUT2D eigenvalue weighted by molar-refractivity contribution is 5.62. The summed E-state index contributed by atoms with van der Waals surface area (Å²) in [6.07, 6.45) is 0. The third kappa shape index (κ3) is 2.83. The van der Waals surface area contributed by atoms with Crippen molar-refractivity contribution in [2.24, 2.45) is 0 Å². The normalized spacial score (nSPS) is 9.85. The molecule has 20 heavy (non-hydrogen) atoms. The Balaban J connectivity index is 2.24. The van der Waals surface area contributed by atoms with Gasteiger partial charge in [0, 0.05) is 30.5 Å². The first-order chi connectivity index (χ1) is 9.65. The standard InChI is InChI=1S/C16H17N3O/c1-19(11-12-5-3-4-6-16(12)20-2)14-7-8-15(18)13(9-14)10-17/h3-9H,11,18H2,1-2H3. The Kier molecular flexibility index (Phi) is 4.11. The molecule has 2 aromatic carbocycles. The van der Waals surface area contributed by atoms with Gasteiger partial charge >= 0.3 is 0 Å². The molecule has 4 nitrogen and oxygen atoms in total. The summed E-state index contributed by atoms with van der Waals surface area (Å²) in [5.41, 5.74) is 8.77. The van der Waals surface area contributed by atoms with Crippen molar-refractivity contribution in [3.05, 3.63) is 53.6 Å². The highest BCUT2D eigenvalue weighted by Gasteiger charge is 2.08. The molecular formula is C16H17N3O. The molecule has 102 valence electrons. The van der Waals surface area contributed by atoms with Gasteiger partial charge in [-0.3, -0.25) is 0 Å². The zero-order chi connectivity index (χ0) is 14.5. The molecule has 0 aliphatic heterocycles. The summed E-state index contributed by atoms with van der Waals surface area (Å²) in [6, 6.07) is 15.5. The third-order valence-corrected chi connectivity index (χ3v) is 3.20. The van der Waals surface area contributed by atoms with Gasteiger partial charge in [-0.15, -0.1) is 0 Å². The van der Waals surface area contributed by atoms with Crippen LogP contribution in [0.4, 0.5) is 11.4 Å². The first kappa shape index (κ1) is 13.8. The molecule has 2 N–H and O–H groups in total. The number of para-hydroxylation sites is 1. The summed E-state index contributed by atoms with van der Waals surface area (Å²) < 4.78 is 5.35. The summed E-state index contributed by atoms with van der Waals surface area (Å²) >= 11 is 0. The lowest BCUT2D eigenvalue weighted by Crippen LogP contribution is -2.17. The van der Waals surface area contributed by atoms with Gasteiger partial charge in [0.2, 0.25) is 0 Å². The van der Waals surface area contributed by atoms with Crippen molar-refractivity contribution in [1.82, 2.24) is 0 Å². The molecule has 0 unspecified atom stereocenters. The maximum absolute atomic E-state index is 9.03. The molecule has 0 spiro atoms. The number of anilines is 2. The molecule has 0 bridgehead atoms. The average Bonchev–Trinajstić information content (AvgIpc) is 2.48. The van der Waals surface area contributed by atoms with Crippen LogP contribution in [0, 0.1) is 11.3 Å². The van der Waals surface area contributed by atoms with E-state index in [4.69, 9.17) is 15.7 Å². The van der Waals surface area contributed by atoms with Crippen LogP contribution in [0.1, 0.15) is 11.1 Å². The summed E-state index contributed by atoms with van der Waals surface area (Å²) in [4.78, 5) is 2.05. The van der Waals surface area contributed by atoms with Crippen molar-refractivity contribution in [3.63, 3.8) is 0 Å². The minimum Gasteiger partial charge on any atom is -0.496 e. The molecule has 2 rings (SSSR count). The van der Waals surface area contributed by atoms with Gasteiger partial charge in [-0.2, -0.15) is 5.26 Å². The van der Waals surface area contributed by atoms with E-state index in [1.165, 1.54) is 0 Å². The number of benzene rings is 2. The molecule has 0 aliphatic rings. The molecule has 4 heteroatoms. The maximum Gasteiger partial charge on any atom is 0.123 e. The first-order valence-electron chi connectivity index (χ1n) is 6.28. The van der Waals surface area contributed by atoms with Gasteiger partial charge in [-0.1, -0.05) is 18.2 Å². The van der Waals surface area contributed by atoms with Crippen LogP contribution in [0.3, 0.4) is 0 Å². The predicted octanol–water partition coefficient (Wildman–Crippen LogP) is 2.79. The van der Waals surface area contributed by atoms with Crippen LogP contribution < -0.4 is 15.4 Å². The summed E-state index contributed by atoms with van der Waals surface area (Å²) in [5.74, 6) is 0.857. The van der Waals surface area contributed by atoms with Gasteiger partial charge in [0.25, 0.3) is 0 Å². The number of nitrogens with zero attached hydrogens (tertiary/aromatic N) is 2. The number of nitrogen functional groups attached to an aromatic ring is 1. The molecule has 0 saturated carbocycles. The molecule has 0 fully saturated rings. The van der Waals surface area contributed by atoms with Gasteiger partial charge in [0.05, 0.1) is 12.7 Å². The molecule has 2 aromatic rings. The lowest BCUT2D eigenvalue weighted by Gasteiger charge is -2.21. The van der Waals surface area contributed by atoms with Gasteiger partial charge < -0.3 is 15.4 Å². The van der Waals surface area contributed by atoms with Gasteiger partial charge in [-0.25, -0.2) is 0 Å². The van der Waals surface area contributed by atoms with Crippen molar-refractivity contribution in [2.75, 3.05) is 24.8 Å². The largest absolute Gasteiger partial charge is 0.496 e. The summed E-state index contributed by atoms with van der Waals surface area (Å²) in [7, 11) is 3.63. The fourth-order valence-corrected chi connectivity index (χ4v) is 2.06. The summed E-state index contributed by atoms with van der Waals surface area (Å²) in [5, 5.41) is 9.03. The Morgan fingerprint density at radius 1 is 1.25 bits per heavy atom. The van der Waals surface area contributed by atoms with E-state index < -0.39 is 0 Å². The zero-order valence-electron chi connectivity index (χ0n) is 11.6. The van der Waals surface area contributed by atoms with Crippen LogP contribution in [-0.2, 0) is 6.54 Å². The highest BCUT2D eigenvalue weighted by atomic mass is 16.5. The van der Waals surface area contributed by atoms with Crippen LogP contribution in [-0.4, -0.2) is 14.2 Å². The van der Waals surface area contributed by atoms with Crippen molar-refractivity contribution >= 4 is 11.4 Å². The Hall–Kier alpha value is -2.67. The topological polar surface area (TPSA) is 62.3 Å². The SMILES string of the molecule is COc1ccccc1CN(C)c1ccc(N)c(C#N)c1. The maximum atomic E-state index is 9.03. The average molecular weight is 267 g/mol. The second-order valence-corrected chi connectivity index (χ2v) is 4.55. The molecule has 0 heterocycles. The molecule has 0 atom stereocenters. The number of hydrogen-bond acceptors (Lipinski definition) is 4. The quantitative estimate of drug-likeness (QED) is 0.865. The van der Waals surface area contributed by atoms with Gasteiger partial charge in [0.15, 0.2) is 0 Å². The Labute approximate surface area is 119 Å². The van der Waals surface area contributed by atoms with E-state index >= 15 is 0 Å². The first-order valence-corrected chi connectivity index (χ1v) is 6.28. The van der Waals surface area contributed by atoms with Crippen LogP contribution in [0.15, 0.2) is 42.5 Å². The molecular weight excluding hydrogens is 250 g/mol. The Morgan fingerprint density at radius 2 is 2.00 bits per heavy atom. The third-order valence-electron chi connectivity index (χ3n) is 3.20. The smallest absolute Gasteiger partial charge is 0.123 e. The minimum atomic E-state index is 0.495. The fourth-order valence-electron chi connectivity index (χ4n) is 2.06. The predicted molar refractivity (Wildman–Crippen MR) is 80.7 cm³/mol. The number of ether oxygens (including phenoxy) is 1. The van der Waals surface area contributed by atoms with Gasteiger partial charge in [-0.05, 0) is 24.3 Å². The summed E-state index contributed by atoms with van der Waals surface area (Å²) in [6.45, 7) is 0.693. The van der Waals surface area contributed by atoms with Crippen molar-refractivity contribution < 1.29 is 4.74 Å². The number of rotatable bonds is 4. The van der Waals surface area contributed by atoms with Crippen molar-refractivity contribution in [2.45, 2.75) is 6.54 Å².